The molecule has 2 aromatic carbocycles. The second kappa shape index (κ2) is 11.6. The van der Waals surface area contributed by atoms with Crippen molar-refractivity contribution in [1.82, 2.24) is 0 Å². The minimum absolute atomic E-state index is 0.0106. The summed E-state index contributed by atoms with van der Waals surface area (Å²) >= 11 is 0. The molecule has 14 nitrogen and oxygen atoms in total. The molecule has 1 N–H and O–H groups in total. The van der Waals surface area contributed by atoms with Gasteiger partial charge in [-0.2, -0.15) is 0 Å². The van der Waals surface area contributed by atoms with Gasteiger partial charge in [-0.15, -0.1) is 0 Å². The molecule has 2 aromatic rings. The summed E-state index contributed by atoms with van der Waals surface area (Å²) in [7, 11) is 0. The topological polar surface area (TPSA) is 202 Å². The molecule has 0 aliphatic rings. The van der Waals surface area contributed by atoms with Crippen molar-refractivity contribution in [2.75, 3.05) is 13.2 Å². The highest BCUT2D eigenvalue weighted by atomic mass is 16.6. The second-order valence-electron chi connectivity index (χ2n) is 5.45. The monoisotopic (exact) mass is 424 g/mol. The van der Waals surface area contributed by atoms with Crippen molar-refractivity contribution in [3.63, 3.8) is 0 Å². The van der Waals surface area contributed by atoms with E-state index in [-0.39, 0.29) is 24.7 Å². The molecule has 0 aliphatic carbocycles. The maximum atomic E-state index is 10.7. The van der Waals surface area contributed by atoms with Crippen molar-refractivity contribution < 1.29 is 29.5 Å². The summed E-state index contributed by atoms with van der Waals surface area (Å²) in [5, 5.41) is 50.3. The Kier molecular flexibility index (Phi) is 9.22. The van der Waals surface area contributed by atoms with E-state index in [0.29, 0.717) is 12.8 Å². The van der Waals surface area contributed by atoms with Gasteiger partial charge in [-0.25, -0.2) is 0 Å². The zero-order valence-corrected chi connectivity index (χ0v) is 15.3. The molecule has 0 fully saturated rings. The van der Waals surface area contributed by atoms with Crippen LogP contribution in [-0.2, 0) is 0 Å². The highest BCUT2D eigenvalue weighted by Crippen LogP contribution is 2.31. The van der Waals surface area contributed by atoms with Crippen LogP contribution in [0.5, 0.6) is 5.75 Å². The Bertz CT molecular complexity index is 901. The summed E-state index contributed by atoms with van der Waals surface area (Å²) in [6.45, 7) is 0.227. The van der Waals surface area contributed by atoms with Gasteiger partial charge in [-0.3, -0.25) is 40.5 Å². The molecule has 0 amide bonds. The standard InChI is InChI=1S/C10H12N2O6.C6H4N2O4/c13-5-1-2-6-18-10-4-3-8(11(14)15)7-9(10)12(16)17;9-7(10)5-3-1-2-4-6(5)8(11)12/h3-4,7,13H,1-2,5-6H2;1-4H. The van der Waals surface area contributed by atoms with Crippen molar-refractivity contribution in [1.29, 1.82) is 0 Å². The van der Waals surface area contributed by atoms with E-state index in [1.54, 1.807) is 0 Å². The predicted molar refractivity (Wildman–Crippen MR) is 101 cm³/mol. The van der Waals surface area contributed by atoms with E-state index in [2.05, 4.69) is 0 Å². The molecule has 0 bridgehead atoms. The maximum absolute atomic E-state index is 10.7. The van der Waals surface area contributed by atoms with Crippen molar-refractivity contribution >= 4 is 22.7 Å². The van der Waals surface area contributed by atoms with Crippen LogP contribution in [0.4, 0.5) is 22.7 Å². The highest BCUT2D eigenvalue weighted by Gasteiger charge is 2.22. The average Bonchev–Trinajstić information content (AvgIpc) is 2.71. The van der Waals surface area contributed by atoms with Crippen LogP contribution in [0, 0.1) is 40.5 Å². The number of nitrogens with zero attached hydrogens (tertiary/aromatic N) is 4. The van der Waals surface area contributed by atoms with Crippen LogP contribution in [0.2, 0.25) is 0 Å². The molecular formula is C16H16N4O10. The fourth-order valence-electron chi connectivity index (χ4n) is 2.05. The van der Waals surface area contributed by atoms with Gasteiger partial charge >= 0.3 is 17.1 Å². The smallest absolute Gasteiger partial charge is 0.346 e. The Balaban J connectivity index is 0.000000325. The Morgan fingerprint density at radius 1 is 0.733 bits per heavy atom. The number of unbranched alkanes of at least 4 members (excludes halogenated alkanes) is 1. The minimum Gasteiger partial charge on any atom is -0.487 e. The molecule has 0 atom stereocenters. The van der Waals surface area contributed by atoms with Gasteiger partial charge in [0.1, 0.15) is 0 Å². The van der Waals surface area contributed by atoms with Crippen LogP contribution >= 0.6 is 0 Å². The largest absolute Gasteiger partial charge is 0.487 e. The van der Waals surface area contributed by atoms with Crippen LogP contribution in [0.25, 0.3) is 0 Å². The molecule has 160 valence electrons. The van der Waals surface area contributed by atoms with E-state index in [1.165, 1.54) is 18.2 Å². The minimum atomic E-state index is -0.780. The number of para-hydroxylation sites is 2. The number of hydrogen-bond donors (Lipinski definition) is 1. The first-order valence-electron chi connectivity index (χ1n) is 8.23. The normalized spacial score (nSPS) is 9.77. The molecule has 0 heterocycles. The summed E-state index contributed by atoms with van der Waals surface area (Å²) in [4.78, 5) is 38.7. The van der Waals surface area contributed by atoms with Gasteiger partial charge in [0.05, 0.1) is 32.4 Å². The first-order chi connectivity index (χ1) is 14.2. The third-order valence-corrected chi connectivity index (χ3v) is 3.44. The lowest BCUT2D eigenvalue weighted by atomic mass is 10.2. The fraction of sp³-hybridized carbons (Fsp3) is 0.250. The Hall–Kier alpha value is -4.20. The van der Waals surface area contributed by atoms with Gasteiger partial charge in [0.2, 0.25) is 0 Å². The van der Waals surface area contributed by atoms with Gasteiger partial charge in [-0.1, -0.05) is 12.1 Å². The Morgan fingerprint density at radius 2 is 1.27 bits per heavy atom. The molecule has 2 rings (SSSR count). The van der Waals surface area contributed by atoms with Crippen molar-refractivity contribution in [2.45, 2.75) is 12.8 Å². The van der Waals surface area contributed by atoms with Gasteiger partial charge < -0.3 is 9.84 Å². The van der Waals surface area contributed by atoms with Crippen molar-refractivity contribution in [3.8, 4) is 5.75 Å². The summed E-state index contributed by atoms with van der Waals surface area (Å²) in [6.07, 6.45) is 1.07. The molecule has 0 radical (unpaired) electrons. The van der Waals surface area contributed by atoms with E-state index in [0.717, 1.165) is 24.3 Å². The maximum Gasteiger partial charge on any atom is 0.346 e. The first kappa shape index (κ1) is 23.8. The van der Waals surface area contributed by atoms with E-state index in [4.69, 9.17) is 9.84 Å². The molecule has 0 aliphatic heterocycles. The van der Waals surface area contributed by atoms with E-state index >= 15 is 0 Å². The second-order valence-corrected chi connectivity index (χ2v) is 5.45. The molecule has 0 saturated carbocycles. The Morgan fingerprint density at radius 3 is 1.70 bits per heavy atom. The number of nitro benzene ring substituents is 4. The predicted octanol–water partition coefficient (Wildman–Crippen LogP) is 3.16. The average molecular weight is 424 g/mol. The number of aliphatic hydroxyl groups excluding tert-OH is 1. The van der Waals surface area contributed by atoms with Crippen LogP contribution < -0.4 is 4.74 Å². The molecular weight excluding hydrogens is 408 g/mol. The number of nitro groups is 4. The van der Waals surface area contributed by atoms with E-state index in [9.17, 15) is 40.5 Å². The van der Waals surface area contributed by atoms with Crippen molar-refractivity contribution in [2.24, 2.45) is 0 Å². The highest BCUT2D eigenvalue weighted by molar-refractivity contribution is 5.53. The molecule has 0 spiro atoms. The zero-order valence-electron chi connectivity index (χ0n) is 15.3. The number of hydrogen-bond acceptors (Lipinski definition) is 10. The molecule has 0 saturated heterocycles. The van der Waals surface area contributed by atoms with Crippen LogP contribution in [0.15, 0.2) is 42.5 Å². The lowest BCUT2D eigenvalue weighted by molar-refractivity contribution is -0.422. The van der Waals surface area contributed by atoms with E-state index in [1.807, 2.05) is 0 Å². The third kappa shape index (κ3) is 7.08. The molecule has 0 aromatic heterocycles. The lowest BCUT2D eigenvalue weighted by Crippen LogP contribution is -2.02. The fourth-order valence-corrected chi connectivity index (χ4v) is 2.05. The molecule has 0 unspecified atom stereocenters. The number of rotatable bonds is 9. The van der Waals surface area contributed by atoms with Gasteiger partial charge in [0.25, 0.3) is 5.69 Å². The van der Waals surface area contributed by atoms with Crippen LogP contribution in [0.1, 0.15) is 12.8 Å². The van der Waals surface area contributed by atoms with Crippen molar-refractivity contribution in [3.05, 3.63) is 82.9 Å². The van der Waals surface area contributed by atoms with Gasteiger partial charge in [0, 0.05) is 24.8 Å². The SMILES string of the molecule is O=[N+]([O-])c1ccc(OCCCCO)c([N+](=O)[O-])c1.O=[N+]([O-])c1ccccc1[N+](=O)[O-]. The molecule has 14 heteroatoms. The summed E-state index contributed by atoms with van der Waals surface area (Å²) < 4.78 is 5.16. The number of ether oxygens (including phenoxy) is 1. The van der Waals surface area contributed by atoms with E-state index < -0.39 is 36.8 Å². The summed E-state index contributed by atoms with van der Waals surface area (Å²) in [5.74, 6) is -0.0106. The van der Waals surface area contributed by atoms with Gasteiger partial charge in [0.15, 0.2) is 5.75 Å². The quantitative estimate of drug-likeness (QED) is 0.354. The number of aliphatic hydroxyl groups is 1. The van der Waals surface area contributed by atoms with Crippen LogP contribution in [-0.4, -0.2) is 38.0 Å². The summed E-state index contributed by atoms with van der Waals surface area (Å²) in [6, 6.07) is 8.16. The molecule has 30 heavy (non-hydrogen) atoms. The number of non-ortho nitro benzene ring substituents is 1. The van der Waals surface area contributed by atoms with Gasteiger partial charge in [-0.05, 0) is 18.9 Å². The number of benzene rings is 2. The lowest BCUT2D eigenvalue weighted by Gasteiger charge is -2.05. The first-order valence-corrected chi connectivity index (χ1v) is 8.23. The zero-order chi connectivity index (χ0) is 22.7. The van der Waals surface area contributed by atoms with Crippen LogP contribution in [0.3, 0.4) is 0 Å². The summed E-state index contributed by atoms with van der Waals surface area (Å²) in [5.41, 5.74) is -1.76. The third-order valence-electron chi connectivity index (χ3n) is 3.44. The Labute approximate surface area is 167 Å².